The van der Waals surface area contributed by atoms with Crippen molar-refractivity contribution in [2.45, 2.75) is 19.2 Å². The van der Waals surface area contributed by atoms with Gasteiger partial charge in [0, 0.05) is 24.7 Å². The quantitative estimate of drug-likeness (QED) is 0.632. The Bertz CT molecular complexity index is 395. The average molecular weight is 243 g/mol. The number of nitrogens with one attached hydrogen (secondary N) is 1. The van der Waals surface area contributed by atoms with Gasteiger partial charge < -0.3 is 10.1 Å². The Morgan fingerprint density at radius 3 is 2.76 bits per heavy atom. The maximum atomic E-state index is 12.0. The molecule has 0 saturated carbocycles. The molecule has 5 heteroatoms. The monoisotopic (exact) mass is 243 g/mol. The number of ether oxygens (including phenoxy) is 1. The summed E-state index contributed by atoms with van der Waals surface area (Å²) in [4.78, 5) is 0. The van der Waals surface area contributed by atoms with E-state index in [9.17, 15) is 13.2 Å². The fourth-order valence-corrected chi connectivity index (χ4v) is 1.23. The van der Waals surface area contributed by atoms with Gasteiger partial charge in [0.25, 0.3) is 0 Å². The summed E-state index contributed by atoms with van der Waals surface area (Å²) in [7, 11) is 0. The van der Waals surface area contributed by atoms with Crippen LogP contribution in [-0.2, 0) is 0 Å². The molecule has 0 spiro atoms. The van der Waals surface area contributed by atoms with E-state index in [1.165, 1.54) is 18.2 Å². The van der Waals surface area contributed by atoms with Gasteiger partial charge in [-0.3, -0.25) is 0 Å². The lowest BCUT2D eigenvalue weighted by Crippen LogP contribution is -2.17. The van der Waals surface area contributed by atoms with Crippen LogP contribution >= 0.6 is 0 Å². The van der Waals surface area contributed by atoms with Crippen LogP contribution in [0.5, 0.6) is 5.75 Å². The molecule has 17 heavy (non-hydrogen) atoms. The molecule has 0 amide bonds. The molecule has 0 aliphatic carbocycles. The van der Waals surface area contributed by atoms with Gasteiger partial charge in [0.05, 0.1) is 0 Å². The van der Waals surface area contributed by atoms with Crippen LogP contribution in [0.15, 0.2) is 24.3 Å². The van der Waals surface area contributed by atoms with Gasteiger partial charge in [-0.2, -0.15) is 0 Å². The van der Waals surface area contributed by atoms with Gasteiger partial charge in [0.1, 0.15) is 5.75 Å². The van der Waals surface area contributed by atoms with E-state index in [0.29, 0.717) is 18.7 Å². The number of terminal acetylenes is 1. The first-order valence-corrected chi connectivity index (χ1v) is 5.04. The van der Waals surface area contributed by atoms with Crippen LogP contribution in [0.1, 0.15) is 12.8 Å². The number of halogens is 3. The molecule has 0 saturated heterocycles. The lowest BCUT2D eigenvalue weighted by Gasteiger charge is -2.10. The van der Waals surface area contributed by atoms with E-state index in [1.54, 1.807) is 6.07 Å². The Morgan fingerprint density at radius 1 is 1.35 bits per heavy atom. The van der Waals surface area contributed by atoms with Crippen LogP contribution in [0.3, 0.4) is 0 Å². The molecule has 0 aromatic heterocycles. The summed E-state index contributed by atoms with van der Waals surface area (Å²) in [5.74, 6) is 2.25. The first kappa shape index (κ1) is 13.2. The highest BCUT2D eigenvalue weighted by molar-refractivity contribution is 5.48. The molecular weight excluding hydrogens is 231 g/mol. The van der Waals surface area contributed by atoms with Crippen molar-refractivity contribution in [3.63, 3.8) is 0 Å². The second kappa shape index (κ2) is 6.04. The first-order chi connectivity index (χ1) is 8.01. The Morgan fingerprint density at radius 2 is 2.12 bits per heavy atom. The molecular formula is C12H12F3NO. The van der Waals surface area contributed by atoms with Gasteiger partial charge >= 0.3 is 6.36 Å². The van der Waals surface area contributed by atoms with Gasteiger partial charge in [-0.1, -0.05) is 6.07 Å². The Labute approximate surface area is 97.8 Å². The van der Waals surface area contributed by atoms with Gasteiger partial charge in [-0.25, -0.2) is 0 Å². The third kappa shape index (κ3) is 5.71. The minimum absolute atomic E-state index is 0.237. The zero-order valence-electron chi connectivity index (χ0n) is 9.05. The van der Waals surface area contributed by atoms with Crippen molar-refractivity contribution < 1.29 is 17.9 Å². The maximum absolute atomic E-state index is 12.0. The van der Waals surface area contributed by atoms with Crippen molar-refractivity contribution in [3.05, 3.63) is 24.3 Å². The zero-order chi connectivity index (χ0) is 12.7. The summed E-state index contributed by atoms with van der Waals surface area (Å²) < 4.78 is 39.7. The lowest BCUT2D eigenvalue weighted by molar-refractivity contribution is -0.274. The van der Waals surface area contributed by atoms with E-state index in [2.05, 4.69) is 16.0 Å². The van der Waals surface area contributed by atoms with Gasteiger partial charge in [-0.05, 0) is 18.6 Å². The normalized spacial score (nSPS) is 10.7. The number of unbranched alkanes of at least 4 members (excludes halogenated alkanes) is 1. The van der Waals surface area contributed by atoms with Crippen molar-refractivity contribution in [1.29, 1.82) is 0 Å². The Hall–Kier alpha value is -1.83. The molecule has 0 radical (unpaired) electrons. The molecule has 1 aromatic carbocycles. The van der Waals surface area contributed by atoms with E-state index in [0.717, 1.165) is 6.42 Å². The van der Waals surface area contributed by atoms with Crippen molar-refractivity contribution in [2.24, 2.45) is 0 Å². The SMILES string of the molecule is C#CCCCNc1cccc(OC(F)(F)F)c1. The number of alkyl halides is 3. The molecule has 0 atom stereocenters. The Kier molecular flexibility index (Phi) is 4.70. The van der Waals surface area contributed by atoms with Crippen molar-refractivity contribution in [3.8, 4) is 18.1 Å². The summed E-state index contributed by atoms with van der Waals surface area (Å²) in [6.07, 6.45) is 1.81. The van der Waals surface area contributed by atoms with Crippen molar-refractivity contribution in [2.75, 3.05) is 11.9 Å². The predicted molar refractivity (Wildman–Crippen MR) is 59.7 cm³/mol. The van der Waals surface area contributed by atoms with Crippen LogP contribution in [0, 0.1) is 12.3 Å². The van der Waals surface area contributed by atoms with Crippen LogP contribution in [0.4, 0.5) is 18.9 Å². The summed E-state index contributed by atoms with van der Waals surface area (Å²) >= 11 is 0. The topological polar surface area (TPSA) is 21.3 Å². The molecule has 0 aliphatic heterocycles. The van der Waals surface area contributed by atoms with E-state index in [1.807, 2.05) is 0 Å². The van der Waals surface area contributed by atoms with E-state index in [-0.39, 0.29) is 5.75 Å². The highest BCUT2D eigenvalue weighted by atomic mass is 19.4. The van der Waals surface area contributed by atoms with Gasteiger partial charge in [0.2, 0.25) is 0 Å². The Balaban J connectivity index is 2.51. The van der Waals surface area contributed by atoms with Crippen LogP contribution < -0.4 is 10.1 Å². The van der Waals surface area contributed by atoms with Crippen LogP contribution in [0.25, 0.3) is 0 Å². The summed E-state index contributed by atoms with van der Waals surface area (Å²) in [5.41, 5.74) is 0.573. The average Bonchev–Trinajstić information content (AvgIpc) is 2.23. The molecule has 0 heterocycles. The van der Waals surface area contributed by atoms with E-state index >= 15 is 0 Å². The van der Waals surface area contributed by atoms with Crippen molar-refractivity contribution in [1.82, 2.24) is 0 Å². The molecule has 1 rings (SSSR count). The number of hydrogen-bond donors (Lipinski definition) is 1. The standard InChI is InChI=1S/C12H12F3NO/c1-2-3-4-8-16-10-6-5-7-11(9-10)17-12(13,14)15/h1,5-7,9,16H,3-4,8H2. The van der Waals surface area contributed by atoms with E-state index in [4.69, 9.17) is 6.42 Å². The molecule has 2 nitrogen and oxygen atoms in total. The second-order valence-electron chi connectivity index (χ2n) is 3.31. The zero-order valence-corrected chi connectivity index (χ0v) is 9.05. The minimum atomic E-state index is -4.66. The largest absolute Gasteiger partial charge is 0.573 e. The fraction of sp³-hybridized carbons (Fsp3) is 0.333. The van der Waals surface area contributed by atoms with Crippen LogP contribution in [0.2, 0.25) is 0 Å². The van der Waals surface area contributed by atoms with Gasteiger partial charge in [-0.15, -0.1) is 25.5 Å². The van der Waals surface area contributed by atoms with Crippen LogP contribution in [-0.4, -0.2) is 12.9 Å². The van der Waals surface area contributed by atoms with Crippen molar-refractivity contribution >= 4 is 5.69 Å². The second-order valence-corrected chi connectivity index (χ2v) is 3.31. The third-order valence-corrected chi connectivity index (χ3v) is 1.89. The molecule has 1 N–H and O–H groups in total. The maximum Gasteiger partial charge on any atom is 0.573 e. The van der Waals surface area contributed by atoms with Gasteiger partial charge in [0.15, 0.2) is 0 Å². The molecule has 1 aromatic rings. The number of rotatable bonds is 5. The third-order valence-electron chi connectivity index (χ3n) is 1.89. The minimum Gasteiger partial charge on any atom is -0.406 e. The molecule has 92 valence electrons. The van der Waals surface area contributed by atoms with E-state index < -0.39 is 6.36 Å². The number of hydrogen-bond acceptors (Lipinski definition) is 2. The fourth-order valence-electron chi connectivity index (χ4n) is 1.23. The lowest BCUT2D eigenvalue weighted by atomic mass is 10.2. The molecule has 0 aliphatic rings. The number of anilines is 1. The summed E-state index contributed by atoms with van der Waals surface area (Å²) in [6, 6.07) is 5.70. The summed E-state index contributed by atoms with van der Waals surface area (Å²) in [5, 5.41) is 2.96. The number of benzene rings is 1. The predicted octanol–water partition coefficient (Wildman–Crippen LogP) is 3.41. The molecule has 0 unspecified atom stereocenters. The smallest absolute Gasteiger partial charge is 0.406 e. The first-order valence-electron chi connectivity index (χ1n) is 5.04. The summed E-state index contributed by atoms with van der Waals surface area (Å²) in [6.45, 7) is 0.611. The highest BCUT2D eigenvalue weighted by Gasteiger charge is 2.31. The molecule has 0 fully saturated rings. The highest BCUT2D eigenvalue weighted by Crippen LogP contribution is 2.24. The molecule has 0 bridgehead atoms.